The van der Waals surface area contributed by atoms with Crippen molar-refractivity contribution in [2.24, 2.45) is 0 Å². The monoisotopic (exact) mass is 505 g/mol. The maximum absolute atomic E-state index is 14.0. The molecule has 1 aromatic heterocycles. The van der Waals surface area contributed by atoms with Crippen LogP contribution in [0.1, 0.15) is 54.4 Å². The van der Waals surface area contributed by atoms with Crippen LogP contribution in [0.3, 0.4) is 0 Å². The quantitative estimate of drug-likeness (QED) is 0.259. The van der Waals surface area contributed by atoms with E-state index in [0.717, 1.165) is 25.0 Å². The zero-order chi connectivity index (χ0) is 26.1. The minimum absolute atomic E-state index is 0.0297. The van der Waals surface area contributed by atoms with Crippen LogP contribution in [0.25, 0.3) is 11.0 Å². The van der Waals surface area contributed by atoms with E-state index in [9.17, 15) is 18.4 Å². The molecule has 37 heavy (non-hydrogen) atoms. The van der Waals surface area contributed by atoms with Crippen LogP contribution in [-0.4, -0.2) is 19.1 Å². The molecule has 5 rings (SSSR count). The highest BCUT2D eigenvalue weighted by Crippen LogP contribution is 2.43. The number of carbonyl (C=O) groups excluding carboxylic acids is 1. The van der Waals surface area contributed by atoms with Gasteiger partial charge in [0.25, 0.3) is 5.91 Å². The lowest BCUT2D eigenvalue weighted by Gasteiger charge is -2.26. The maximum Gasteiger partial charge on any atom is 0.295 e. The molecule has 2 heterocycles. The van der Waals surface area contributed by atoms with Gasteiger partial charge in [-0.25, -0.2) is 8.78 Å². The standard InChI is InChI=1S/C29H25F2NO5/c1-3-5-14-36-23-12-6-17(15-24(23)35-4-2)26-25-27(33)21-16-19(31)9-13-22(21)37-28(25)29(34)32(26)20-10-7-18(30)8-11-20/h6-13,15-16,26H,3-5,14H2,1-2H3. The summed E-state index contributed by atoms with van der Waals surface area (Å²) in [7, 11) is 0. The highest BCUT2D eigenvalue weighted by molar-refractivity contribution is 6.10. The van der Waals surface area contributed by atoms with Crippen LogP contribution < -0.4 is 19.8 Å². The van der Waals surface area contributed by atoms with Crippen molar-refractivity contribution < 1.29 is 27.5 Å². The second-order valence-electron chi connectivity index (χ2n) is 8.71. The number of carbonyl (C=O) groups is 1. The van der Waals surface area contributed by atoms with Crippen LogP contribution in [0.5, 0.6) is 11.5 Å². The summed E-state index contributed by atoms with van der Waals surface area (Å²) in [6, 6.07) is 13.3. The van der Waals surface area contributed by atoms with Crippen molar-refractivity contribution in [3.05, 3.63) is 99.4 Å². The third kappa shape index (κ3) is 4.43. The molecule has 0 fully saturated rings. The fraction of sp³-hybridized carbons (Fsp3) is 0.241. The second kappa shape index (κ2) is 10.0. The molecule has 0 bridgehead atoms. The van der Waals surface area contributed by atoms with Gasteiger partial charge in [-0.1, -0.05) is 19.4 Å². The van der Waals surface area contributed by atoms with Crippen molar-refractivity contribution in [2.75, 3.05) is 18.1 Å². The Labute approximate surface area is 212 Å². The summed E-state index contributed by atoms with van der Waals surface area (Å²) >= 11 is 0. The Bertz CT molecular complexity index is 1530. The van der Waals surface area contributed by atoms with Crippen LogP contribution in [-0.2, 0) is 0 Å². The van der Waals surface area contributed by atoms with Gasteiger partial charge in [0.15, 0.2) is 16.9 Å². The average Bonchev–Trinajstić information content (AvgIpc) is 3.18. The minimum Gasteiger partial charge on any atom is -0.490 e. The zero-order valence-corrected chi connectivity index (χ0v) is 20.4. The number of anilines is 1. The van der Waals surface area contributed by atoms with Crippen molar-refractivity contribution in [3.63, 3.8) is 0 Å². The molecular weight excluding hydrogens is 480 g/mol. The summed E-state index contributed by atoms with van der Waals surface area (Å²) in [5, 5.41) is 0.0297. The summed E-state index contributed by atoms with van der Waals surface area (Å²) in [5.74, 6) is -0.747. The van der Waals surface area contributed by atoms with Crippen molar-refractivity contribution in [3.8, 4) is 11.5 Å². The topological polar surface area (TPSA) is 69.0 Å². The minimum atomic E-state index is -0.916. The van der Waals surface area contributed by atoms with E-state index in [-0.39, 0.29) is 22.3 Å². The molecule has 6 nitrogen and oxygen atoms in total. The number of fused-ring (bicyclic) bond motifs is 2. The van der Waals surface area contributed by atoms with E-state index < -0.39 is 29.0 Å². The summed E-state index contributed by atoms with van der Waals surface area (Å²) in [6.07, 6.45) is 1.85. The van der Waals surface area contributed by atoms with Gasteiger partial charge in [-0.2, -0.15) is 0 Å². The van der Waals surface area contributed by atoms with Gasteiger partial charge in [0, 0.05) is 5.69 Å². The van der Waals surface area contributed by atoms with Crippen LogP contribution in [0, 0.1) is 11.6 Å². The Morgan fingerprint density at radius 3 is 2.38 bits per heavy atom. The van der Waals surface area contributed by atoms with Crippen molar-refractivity contribution in [2.45, 2.75) is 32.7 Å². The molecule has 0 saturated heterocycles. The maximum atomic E-state index is 14.0. The van der Waals surface area contributed by atoms with E-state index in [2.05, 4.69) is 6.92 Å². The zero-order valence-electron chi connectivity index (χ0n) is 20.4. The van der Waals surface area contributed by atoms with E-state index in [1.54, 1.807) is 18.2 Å². The first kappa shape index (κ1) is 24.5. The highest BCUT2D eigenvalue weighted by Gasteiger charge is 2.44. The van der Waals surface area contributed by atoms with E-state index >= 15 is 0 Å². The first-order valence-corrected chi connectivity index (χ1v) is 12.2. The molecule has 4 aromatic rings. The van der Waals surface area contributed by atoms with Gasteiger partial charge in [-0.3, -0.25) is 14.5 Å². The molecular formula is C29H25F2NO5. The summed E-state index contributed by atoms with van der Waals surface area (Å²) < 4.78 is 45.3. The Hall–Kier alpha value is -4.20. The highest BCUT2D eigenvalue weighted by atomic mass is 19.1. The van der Waals surface area contributed by atoms with Gasteiger partial charge < -0.3 is 13.9 Å². The van der Waals surface area contributed by atoms with E-state index in [1.165, 1.54) is 35.2 Å². The molecule has 0 spiro atoms. The number of halogens is 2. The molecule has 0 aliphatic carbocycles. The molecule has 0 N–H and O–H groups in total. The summed E-state index contributed by atoms with van der Waals surface area (Å²) in [4.78, 5) is 28.7. The number of hydrogen-bond donors (Lipinski definition) is 0. The number of unbranched alkanes of at least 4 members (excludes halogenated alkanes) is 1. The molecule has 1 aliphatic heterocycles. The lowest BCUT2D eigenvalue weighted by Crippen LogP contribution is -2.29. The molecule has 190 valence electrons. The Morgan fingerprint density at radius 1 is 0.892 bits per heavy atom. The van der Waals surface area contributed by atoms with Gasteiger partial charge >= 0.3 is 0 Å². The third-order valence-electron chi connectivity index (χ3n) is 6.28. The molecule has 0 saturated carbocycles. The third-order valence-corrected chi connectivity index (χ3v) is 6.28. The molecule has 1 unspecified atom stereocenters. The average molecular weight is 506 g/mol. The van der Waals surface area contributed by atoms with Gasteiger partial charge in [-0.15, -0.1) is 0 Å². The van der Waals surface area contributed by atoms with Gasteiger partial charge in [-0.05, 0) is 73.5 Å². The molecule has 1 aliphatic rings. The predicted octanol–water partition coefficient (Wildman–Crippen LogP) is 6.40. The van der Waals surface area contributed by atoms with Crippen molar-refractivity contribution in [1.29, 1.82) is 0 Å². The number of amides is 1. The second-order valence-corrected chi connectivity index (χ2v) is 8.71. The number of ether oxygens (including phenoxy) is 2. The van der Waals surface area contributed by atoms with Crippen LogP contribution in [0.4, 0.5) is 14.5 Å². The summed E-state index contributed by atoms with van der Waals surface area (Å²) in [5.41, 5.74) is 0.604. The molecule has 3 aromatic carbocycles. The molecule has 0 radical (unpaired) electrons. The Kier molecular flexibility index (Phi) is 6.65. The van der Waals surface area contributed by atoms with Crippen LogP contribution >= 0.6 is 0 Å². The first-order valence-electron chi connectivity index (χ1n) is 12.2. The first-order chi connectivity index (χ1) is 17.9. The fourth-order valence-electron chi connectivity index (χ4n) is 4.54. The largest absolute Gasteiger partial charge is 0.490 e. The normalized spacial score (nSPS) is 14.8. The van der Waals surface area contributed by atoms with Crippen molar-refractivity contribution in [1.82, 2.24) is 0 Å². The lowest BCUT2D eigenvalue weighted by molar-refractivity contribution is 0.0971. The lowest BCUT2D eigenvalue weighted by atomic mass is 9.97. The number of hydrogen-bond acceptors (Lipinski definition) is 5. The SMILES string of the molecule is CCCCOc1ccc(C2c3c(oc4ccc(F)cc4c3=O)C(=O)N2c2ccc(F)cc2)cc1OCC. The van der Waals surface area contributed by atoms with Crippen molar-refractivity contribution >= 4 is 22.6 Å². The van der Waals surface area contributed by atoms with E-state index in [4.69, 9.17) is 13.9 Å². The predicted molar refractivity (Wildman–Crippen MR) is 136 cm³/mol. The fourth-order valence-corrected chi connectivity index (χ4v) is 4.54. The van der Waals surface area contributed by atoms with Crippen LogP contribution in [0.2, 0.25) is 0 Å². The number of benzene rings is 3. The number of nitrogens with zero attached hydrogens (tertiary/aromatic N) is 1. The van der Waals surface area contributed by atoms with Gasteiger partial charge in [0.1, 0.15) is 17.2 Å². The Balaban J connectivity index is 1.71. The van der Waals surface area contributed by atoms with E-state index in [0.29, 0.717) is 36.0 Å². The Morgan fingerprint density at radius 2 is 1.65 bits per heavy atom. The van der Waals surface area contributed by atoms with Gasteiger partial charge in [0.2, 0.25) is 5.76 Å². The van der Waals surface area contributed by atoms with Crippen LogP contribution in [0.15, 0.2) is 69.9 Å². The van der Waals surface area contributed by atoms with Gasteiger partial charge in [0.05, 0.1) is 30.2 Å². The van der Waals surface area contributed by atoms with E-state index in [1.807, 2.05) is 6.92 Å². The smallest absolute Gasteiger partial charge is 0.295 e. The number of rotatable bonds is 8. The summed E-state index contributed by atoms with van der Waals surface area (Å²) in [6.45, 7) is 4.80. The molecule has 1 amide bonds. The molecule has 1 atom stereocenters. The molecule has 8 heteroatoms.